The number of alkyl carbamates (subject to hydrolysis) is 1. The van der Waals surface area contributed by atoms with Gasteiger partial charge in [-0.2, -0.15) is 11.3 Å². The van der Waals surface area contributed by atoms with E-state index in [1.165, 1.54) is 0 Å². The van der Waals surface area contributed by atoms with Crippen molar-refractivity contribution in [2.24, 2.45) is 0 Å². The van der Waals surface area contributed by atoms with Gasteiger partial charge in [0.2, 0.25) is 5.88 Å². The average molecular weight is 492 g/mol. The molecule has 0 radical (unpaired) electrons. The topological polar surface area (TPSA) is 80.8 Å². The van der Waals surface area contributed by atoms with E-state index in [-0.39, 0.29) is 12.5 Å². The summed E-state index contributed by atoms with van der Waals surface area (Å²) in [6.07, 6.45) is 2.40. The van der Waals surface area contributed by atoms with Crippen molar-refractivity contribution in [2.45, 2.75) is 51.2 Å². The van der Waals surface area contributed by atoms with Crippen LogP contribution in [0.4, 0.5) is 10.5 Å². The number of carbonyl (C=O) groups is 2. The molecule has 0 atom stereocenters. The Bertz CT molecular complexity index is 1260. The zero-order chi connectivity index (χ0) is 24.8. The quantitative estimate of drug-likeness (QED) is 0.504. The molecule has 5 rings (SSSR count). The molecule has 7 nitrogen and oxygen atoms in total. The number of ether oxygens (including phenoxy) is 2. The Morgan fingerprint density at radius 1 is 1.17 bits per heavy atom. The summed E-state index contributed by atoms with van der Waals surface area (Å²) in [5.41, 5.74) is 4.47. The molecule has 0 unspecified atom stereocenters. The van der Waals surface area contributed by atoms with E-state index in [4.69, 9.17) is 14.5 Å². The third-order valence-electron chi connectivity index (χ3n) is 6.53. The number of amides is 2. The first-order chi connectivity index (χ1) is 16.7. The molecule has 1 saturated carbocycles. The van der Waals surface area contributed by atoms with E-state index in [1.54, 1.807) is 23.3 Å². The lowest BCUT2D eigenvalue weighted by Crippen LogP contribution is -2.52. The first-order valence-electron chi connectivity index (χ1n) is 11.7. The van der Waals surface area contributed by atoms with E-state index in [9.17, 15) is 9.59 Å². The fourth-order valence-electron chi connectivity index (χ4n) is 4.51. The second-order valence-electron chi connectivity index (χ2n) is 10.1. The van der Waals surface area contributed by atoms with Gasteiger partial charge in [0.25, 0.3) is 5.91 Å². The van der Waals surface area contributed by atoms with Gasteiger partial charge in [-0.25, -0.2) is 9.78 Å². The zero-order valence-electron chi connectivity index (χ0n) is 20.4. The van der Waals surface area contributed by atoms with Crippen molar-refractivity contribution in [2.75, 3.05) is 18.6 Å². The smallest absolute Gasteiger partial charge is 0.408 e. The molecule has 1 N–H and O–H groups in total. The molecule has 2 aliphatic rings. The van der Waals surface area contributed by atoms with Crippen LogP contribution in [-0.2, 0) is 15.1 Å². The number of rotatable bonds is 4. The Hall–Kier alpha value is -3.39. The molecule has 2 aromatic heterocycles. The van der Waals surface area contributed by atoms with Crippen molar-refractivity contribution < 1.29 is 19.1 Å². The highest BCUT2D eigenvalue weighted by molar-refractivity contribution is 7.08. The summed E-state index contributed by atoms with van der Waals surface area (Å²) in [4.78, 5) is 31.1. The maximum atomic E-state index is 12.5. The Kier molecular flexibility index (Phi) is 5.79. The Balaban J connectivity index is 1.49. The normalized spacial score (nSPS) is 16.7. The summed E-state index contributed by atoms with van der Waals surface area (Å²) in [6, 6.07) is 12.2. The highest BCUT2D eigenvalue weighted by Gasteiger charge is 2.41. The van der Waals surface area contributed by atoms with Crippen LogP contribution in [0.3, 0.4) is 0 Å². The van der Waals surface area contributed by atoms with Crippen LogP contribution in [0.15, 0.2) is 47.2 Å². The van der Waals surface area contributed by atoms with E-state index in [1.807, 2.05) is 50.4 Å². The molecule has 2 amide bonds. The summed E-state index contributed by atoms with van der Waals surface area (Å²) >= 11 is 1.61. The number of anilines is 1. The lowest BCUT2D eigenvalue weighted by molar-refractivity contribution is -0.121. The van der Waals surface area contributed by atoms with Gasteiger partial charge in [0.15, 0.2) is 6.61 Å². The van der Waals surface area contributed by atoms with Gasteiger partial charge in [0.05, 0.1) is 11.2 Å². The van der Waals surface area contributed by atoms with Gasteiger partial charge in [-0.1, -0.05) is 24.3 Å². The van der Waals surface area contributed by atoms with E-state index < -0.39 is 17.2 Å². The van der Waals surface area contributed by atoms with Crippen LogP contribution in [0.1, 0.15) is 45.6 Å². The number of hydrogen-bond acceptors (Lipinski definition) is 6. The van der Waals surface area contributed by atoms with Gasteiger partial charge >= 0.3 is 6.09 Å². The highest BCUT2D eigenvalue weighted by atomic mass is 32.1. The molecule has 1 aliphatic heterocycles. The standard InChI is InChI=1S/C27H29N3O4S/c1-26(2,3)34-25(32)29-27(11-5-12-27)19-8-6-17(7-9-19)23-20(18-10-13-35-16-18)14-21-24(28-23)33-15-22(31)30(21)4/h6-10,13-14,16H,5,11-12,15H2,1-4H3,(H,29,32). The third-order valence-corrected chi connectivity index (χ3v) is 7.21. The molecule has 1 aromatic carbocycles. The summed E-state index contributed by atoms with van der Waals surface area (Å²) in [7, 11) is 1.74. The van der Waals surface area contributed by atoms with E-state index in [2.05, 4.69) is 22.8 Å². The highest BCUT2D eigenvalue weighted by Crippen LogP contribution is 2.44. The minimum absolute atomic E-state index is 0.0223. The number of fused-ring (bicyclic) bond motifs is 1. The second kappa shape index (κ2) is 8.68. The van der Waals surface area contributed by atoms with Gasteiger partial charge in [0, 0.05) is 18.2 Å². The van der Waals surface area contributed by atoms with E-state index >= 15 is 0 Å². The van der Waals surface area contributed by atoms with Crippen molar-refractivity contribution in [1.82, 2.24) is 10.3 Å². The minimum atomic E-state index is -0.546. The van der Waals surface area contributed by atoms with Crippen molar-refractivity contribution in [3.63, 3.8) is 0 Å². The van der Waals surface area contributed by atoms with Crippen LogP contribution in [0, 0.1) is 0 Å². The number of nitrogens with zero attached hydrogens (tertiary/aromatic N) is 2. The largest absolute Gasteiger partial charge is 0.466 e. The maximum absolute atomic E-state index is 12.5. The number of hydrogen-bond donors (Lipinski definition) is 1. The van der Waals surface area contributed by atoms with Crippen LogP contribution < -0.4 is 15.0 Å². The molecule has 182 valence electrons. The molecule has 0 saturated heterocycles. The SMILES string of the molecule is CN1C(=O)COc2nc(-c3ccc(C4(NC(=O)OC(C)(C)C)CCC4)cc3)c(-c3ccsc3)cc21. The van der Waals surface area contributed by atoms with Crippen molar-refractivity contribution in [3.8, 4) is 28.3 Å². The van der Waals surface area contributed by atoms with Gasteiger partial charge in [-0.15, -0.1) is 0 Å². The number of nitrogens with one attached hydrogen (secondary N) is 1. The van der Waals surface area contributed by atoms with Crippen LogP contribution in [0.5, 0.6) is 5.88 Å². The molecule has 0 spiro atoms. The van der Waals surface area contributed by atoms with E-state index in [0.717, 1.165) is 47.2 Å². The van der Waals surface area contributed by atoms with Crippen molar-refractivity contribution >= 4 is 29.0 Å². The first-order valence-corrected chi connectivity index (χ1v) is 12.7. The molecule has 35 heavy (non-hydrogen) atoms. The first kappa shape index (κ1) is 23.4. The molecule has 3 heterocycles. The van der Waals surface area contributed by atoms with Gasteiger partial charge in [-0.3, -0.25) is 4.79 Å². The van der Waals surface area contributed by atoms with Crippen molar-refractivity contribution in [3.05, 3.63) is 52.7 Å². The monoisotopic (exact) mass is 491 g/mol. The number of likely N-dealkylation sites (N-methyl/N-ethyl adjacent to an activating group) is 1. The number of thiophene rings is 1. The Morgan fingerprint density at radius 3 is 2.51 bits per heavy atom. The molecule has 8 heteroatoms. The summed E-state index contributed by atoms with van der Waals surface area (Å²) in [5.74, 6) is 0.350. The van der Waals surface area contributed by atoms with Gasteiger partial charge < -0.3 is 19.7 Å². The maximum Gasteiger partial charge on any atom is 0.408 e. The number of carbonyl (C=O) groups excluding carboxylic acids is 2. The summed E-state index contributed by atoms with van der Waals surface area (Å²) < 4.78 is 11.2. The number of aromatic nitrogens is 1. The molecule has 0 bridgehead atoms. The molecular weight excluding hydrogens is 462 g/mol. The lowest BCUT2D eigenvalue weighted by atomic mass is 9.71. The predicted octanol–water partition coefficient (Wildman–Crippen LogP) is 5.74. The molecule has 1 fully saturated rings. The number of pyridine rings is 1. The molecule has 1 aliphatic carbocycles. The van der Waals surface area contributed by atoms with Crippen LogP contribution in [0.25, 0.3) is 22.4 Å². The zero-order valence-corrected chi connectivity index (χ0v) is 21.2. The predicted molar refractivity (Wildman–Crippen MR) is 137 cm³/mol. The van der Waals surface area contributed by atoms with Crippen molar-refractivity contribution in [1.29, 1.82) is 0 Å². The van der Waals surface area contributed by atoms with E-state index in [0.29, 0.717) is 11.6 Å². The molecule has 3 aromatic rings. The van der Waals surface area contributed by atoms with Crippen LogP contribution in [-0.4, -0.2) is 36.2 Å². The lowest BCUT2D eigenvalue weighted by Gasteiger charge is -2.43. The number of benzene rings is 1. The van der Waals surface area contributed by atoms with Gasteiger partial charge in [0.1, 0.15) is 11.3 Å². The Labute approximate surface area is 209 Å². The van der Waals surface area contributed by atoms with Crippen LogP contribution >= 0.6 is 11.3 Å². The fourth-order valence-corrected chi connectivity index (χ4v) is 5.17. The minimum Gasteiger partial charge on any atom is -0.466 e. The Morgan fingerprint density at radius 2 is 1.91 bits per heavy atom. The fraction of sp³-hybridized carbons (Fsp3) is 0.370. The second-order valence-corrected chi connectivity index (χ2v) is 10.9. The average Bonchev–Trinajstić information content (AvgIpc) is 3.32. The third kappa shape index (κ3) is 4.50. The van der Waals surface area contributed by atoms with Crippen LogP contribution in [0.2, 0.25) is 0 Å². The summed E-state index contributed by atoms with van der Waals surface area (Å²) in [6.45, 7) is 5.57. The summed E-state index contributed by atoms with van der Waals surface area (Å²) in [5, 5.41) is 7.21. The molecular formula is C27H29N3O4S. The van der Waals surface area contributed by atoms with Gasteiger partial charge in [-0.05, 0) is 74.1 Å².